The van der Waals surface area contributed by atoms with E-state index in [1.807, 2.05) is 19.3 Å². The van der Waals surface area contributed by atoms with Crippen LogP contribution < -0.4 is 4.90 Å². The van der Waals surface area contributed by atoms with Gasteiger partial charge in [0.1, 0.15) is 5.82 Å². The van der Waals surface area contributed by atoms with E-state index in [0.717, 1.165) is 37.7 Å². The second-order valence-corrected chi connectivity index (χ2v) is 4.61. The molecule has 0 radical (unpaired) electrons. The van der Waals surface area contributed by atoms with Gasteiger partial charge in [0.25, 0.3) is 0 Å². The SMILES string of the molecule is Cc1ncc(N2CCN(C(C)C)CC2)cn1. The fourth-order valence-corrected chi connectivity index (χ4v) is 2.05. The molecule has 0 aliphatic carbocycles. The lowest BCUT2D eigenvalue weighted by Gasteiger charge is -2.37. The number of nitrogens with zero attached hydrogens (tertiary/aromatic N) is 4. The first kappa shape index (κ1) is 11.3. The number of piperazine rings is 1. The lowest BCUT2D eigenvalue weighted by atomic mass is 10.2. The number of hydrogen-bond donors (Lipinski definition) is 0. The Morgan fingerprint density at radius 2 is 1.62 bits per heavy atom. The summed E-state index contributed by atoms with van der Waals surface area (Å²) in [5.74, 6) is 0.838. The van der Waals surface area contributed by atoms with Crippen LogP contribution in [-0.2, 0) is 0 Å². The fraction of sp³-hybridized carbons (Fsp3) is 0.667. The second-order valence-electron chi connectivity index (χ2n) is 4.61. The molecule has 0 amide bonds. The third-order valence-electron chi connectivity index (χ3n) is 3.18. The van der Waals surface area contributed by atoms with E-state index in [1.54, 1.807) is 0 Å². The van der Waals surface area contributed by atoms with E-state index in [2.05, 4.69) is 33.6 Å². The summed E-state index contributed by atoms with van der Waals surface area (Å²) in [6, 6.07) is 0.649. The Bertz CT molecular complexity index is 325. The molecular weight excluding hydrogens is 200 g/mol. The van der Waals surface area contributed by atoms with E-state index in [4.69, 9.17) is 0 Å². The average Bonchev–Trinajstić information content (AvgIpc) is 2.30. The van der Waals surface area contributed by atoms with Gasteiger partial charge in [-0.1, -0.05) is 0 Å². The van der Waals surface area contributed by atoms with Crippen LogP contribution in [0.5, 0.6) is 0 Å². The Labute approximate surface area is 97.3 Å². The maximum absolute atomic E-state index is 4.24. The van der Waals surface area contributed by atoms with Crippen LogP contribution in [0.25, 0.3) is 0 Å². The molecule has 1 aliphatic rings. The van der Waals surface area contributed by atoms with Gasteiger partial charge < -0.3 is 4.90 Å². The van der Waals surface area contributed by atoms with Gasteiger partial charge in [0, 0.05) is 32.2 Å². The summed E-state index contributed by atoms with van der Waals surface area (Å²) < 4.78 is 0. The third kappa shape index (κ3) is 2.50. The Hall–Kier alpha value is -1.16. The fourth-order valence-electron chi connectivity index (χ4n) is 2.05. The van der Waals surface area contributed by atoms with Crippen molar-refractivity contribution in [2.24, 2.45) is 0 Å². The highest BCUT2D eigenvalue weighted by molar-refractivity contribution is 5.42. The van der Waals surface area contributed by atoms with Crippen molar-refractivity contribution in [1.29, 1.82) is 0 Å². The molecule has 0 saturated carbocycles. The van der Waals surface area contributed by atoms with Gasteiger partial charge in [-0.15, -0.1) is 0 Å². The summed E-state index contributed by atoms with van der Waals surface area (Å²) in [5.41, 5.74) is 1.15. The minimum Gasteiger partial charge on any atom is -0.366 e. The molecule has 88 valence electrons. The van der Waals surface area contributed by atoms with Crippen molar-refractivity contribution in [3.05, 3.63) is 18.2 Å². The lowest BCUT2D eigenvalue weighted by molar-refractivity contribution is 0.209. The number of rotatable bonds is 2. The van der Waals surface area contributed by atoms with E-state index in [9.17, 15) is 0 Å². The van der Waals surface area contributed by atoms with Crippen LogP contribution >= 0.6 is 0 Å². The number of anilines is 1. The summed E-state index contributed by atoms with van der Waals surface area (Å²) >= 11 is 0. The van der Waals surface area contributed by atoms with Crippen molar-refractivity contribution >= 4 is 5.69 Å². The van der Waals surface area contributed by atoms with E-state index in [1.165, 1.54) is 0 Å². The van der Waals surface area contributed by atoms with Gasteiger partial charge in [0.2, 0.25) is 0 Å². The molecule has 0 spiro atoms. The number of aromatic nitrogens is 2. The monoisotopic (exact) mass is 220 g/mol. The van der Waals surface area contributed by atoms with Gasteiger partial charge in [-0.2, -0.15) is 0 Å². The zero-order valence-electron chi connectivity index (χ0n) is 10.3. The van der Waals surface area contributed by atoms with Crippen molar-refractivity contribution in [3.8, 4) is 0 Å². The van der Waals surface area contributed by atoms with Crippen LogP contribution in [0.15, 0.2) is 12.4 Å². The molecule has 0 unspecified atom stereocenters. The molecule has 0 N–H and O–H groups in total. The molecule has 0 atom stereocenters. The quantitative estimate of drug-likeness (QED) is 0.752. The molecule has 16 heavy (non-hydrogen) atoms. The molecule has 1 aromatic rings. The van der Waals surface area contributed by atoms with Crippen molar-refractivity contribution in [2.75, 3.05) is 31.1 Å². The normalized spacial score (nSPS) is 18.1. The smallest absolute Gasteiger partial charge is 0.125 e. The van der Waals surface area contributed by atoms with Gasteiger partial charge in [0.05, 0.1) is 18.1 Å². The third-order valence-corrected chi connectivity index (χ3v) is 3.18. The summed E-state index contributed by atoms with van der Waals surface area (Å²) in [7, 11) is 0. The second kappa shape index (κ2) is 4.78. The van der Waals surface area contributed by atoms with Crippen LogP contribution in [-0.4, -0.2) is 47.1 Å². The minimum atomic E-state index is 0.649. The lowest BCUT2D eigenvalue weighted by Crippen LogP contribution is -2.48. The van der Waals surface area contributed by atoms with Crippen LogP contribution in [0, 0.1) is 6.92 Å². The maximum atomic E-state index is 4.24. The molecular formula is C12H20N4. The van der Waals surface area contributed by atoms with Crippen molar-refractivity contribution in [2.45, 2.75) is 26.8 Å². The van der Waals surface area contributed by atoms with Crippen LogP contribution in [0.3, 0.4) is 0 Å². The molecule has 1 aliphatic heterocycles. The highest BCUT2D eigenvalue weighted by Crippen LogP contribution is 2.14. The summed E-state index contributed by atoms with van der Waals surface area (Å²) in [5, 5.41) is 0. The molecule has 1 fully saturated rings. The van der Waals surface area contributed by atoms with E-state index in [0.29, 0.717) is 6.04 Å². The molecule has 2 rings (SSSR count). The summed E-state index contributed by atoms with van der Waals surface area (Å²) in [4.78, 5) is 13.3. The molecule has 1 saturated heterocycles. The van der Waals surface area contributed by atoms with Gasteiger partial charge in [-0.05, 0) is 20.8 Å². The maximum Gasteiger partial charge on any atom is 0.125 e. The standard InChI is InChI=1S/C12H20N4/c1-10(2)15-4-6-16(7-5-15)12-8-13-11(3)14-9-12/h8-10H,4-7H2,1-3H3. The average molecular weight is 220 g/mol. The molecule has 0 bridgehead atoms. The highest BCUT2D eigenvalue weighted by atomic mass is 15.3. The molecule has 2 heterocycles. The van der Waals surface area contributed by atoms with Crippen molar-refractivity contribution < 1.29 is 0 Å². The minimum absolute atomic E-state index is 0.649. The van der Waals surface area contributed by atoms with E-state index >= 15 is 0 Å². The van der Waals surface area contributed by atoms with E-state index in [-0.39, 0.29) is 0 Å². The molecule has 0 aromatic carbocycles. The summed E-state index contributed by atoms with van der Waals surface area (Å²) in [6.07, 6.45) is 3.85. The Morgan fingerprint density at radius 1 is 1.06 bits per heavy atom. The summed E-state index contributed by atoms with van der Waals surface area (Å²) in [6.45, 7) is 10.8. The largest absolute Gasteiger partial charge is 0.366 e. The molecule has 4 heteroatoms. The zero-order chi connectivity index (χ0) is 11.5. The Morgan fingerprint density at radius 3 is 2.12 bits per heavy atom. The predicted octanol–water partition coefficient (Wildman–Crippen LogP) is 1.32. The van der Waals surface area contributed by atoms with Gasteiger partial charge in [-0.3, -0.25) is 4.90 Å². The Balaban J connectivity index is 1.96. The topological polar surface area (TPSA) is 32.3 Å². The molecule has 4 nitrogen and oxygen atoms in total. The molecule has 1 aromatic heterocycles. The van der Waals surface area contributed by atoms with Crippen LogP contribution in [0.1, 0.15) is 19.7 Å². The number of aryl methyl sites for hydroxylation is 1. The zero-order valence-corrected chi connectivity index (χ0v) is 10.3. The highest BCUT2D eigenvalue weighted by Gasteiger charge is 2.19. The van der Waals surface area contributed by atoms with Crippen molar-refractivity contribution in [1.82, 2.24) is 14.9 Å². The Kier molecular flexibility index (Phi) is 3.39. The van der Waals surface area contributed by atoms with Crippen LogP contribution in [0.2, 0.25) is 0 Å². The van der Waals surface area contributed by atoms with Gasteiger partial charge in [0.15, 0.2) is 0 Å². The predicted molar refractivity (Wildman–Crippen MR) is 65.7 cm³/mol. The van der Waals surface area contributed by atoms with Crippen molar-refractivity contribution in [3.63, 3.8) is 0 Å². The first-order chi connectivity index (χ1) is 7.66. The number of hydrogen-bond acceptors (Lipinski definition) is 4. The van der Waals surface area contributed by atoms with E-state index < -0.39 is 0 Å². The first-order valence-electron chi connectivity index (χ1n) is 5.94. The first-order valence-corrected chi connectivity index (χ1v) is 5.94. The van der Waals surface area contributed by atoms with Crippen LogP contribution in [0.4, 0.5) is 5.69 Å². The van der Waals surface area contributed by atoms with Gasteiger partial charge in [-0.25, -0.2) is 9.97 Å². The van der Waals surface area contributed by atoms with Gasteiger partial charge >= 0.3 is 0 Å².